The molecule has 0 aromatic heterocycles. The minimum Gasteiger partial charge on any atom is -0.303 e. The van der Waals surface area contributed by atoms with Crippen LogP contribution in [-0.4, -0.2) is 38.7 Å². The fraction of sp³-hybridized carbons (Fsp3) is 0.455. The van der Waals surface area contributed by atoms with Gasteiger partial charge in [0, 0.05) is 6.54 Å². The molecule has 0 spiro atoms. The second kappa shape index (κ2) is 8.83. The van der Waals surface area contributed by atoms with E-state index in [0.717, 1.165) is 26.1 Å². The summed E-state index contributed by atoms with van der Waals surface area (Å²) in [5.74, 6) is 0.667. The Morgan fingerprint density at radius 3 is 2.31 bits per heavy atom. The zero-order valence-corrected chi connectivity index (χ0v) is 16.4. The van der Waals surface area contributed by atoms with Crippen molar-refractivity contribution in [2.45, 2.75) is 37.0 Å². The monoisotopic (exact) mass is 371 g/mol. The van der Waals surface area contributed by atoms with Crippen molar-refractivity contribution in [3.8, 4) is 0 Å². The number of likely N-dealkylation sites (tertiary alicyclic amines) is 1. The van der Waals surface area contributed by atoms with Crippen molar-refractivity contribution < 1.29 is 8.42 Å². The van der Waals surface area contributed by atoms with Crippen molar-refractivity contribution >= 4 is 9.84 Å². The van der Waals surface area contributed by atoms with E-state index < -0.39 is 9.84 Å². The normalized spacial score (nSPS) is 21.6. The van der Waals surface area contributed by atoms with Crippen molar-refractivity contribution in [3.63, 3.8) is 0 Å². The van der Waals surface area contributed by atoms with Crippen molar-refractivity contribution in [1.82, 2.24) is 4.90 Å². The Kier molecular flexibility index (Phi) is 6.49. The van der Waals surface area contributed by atoms with Crippen LogP contribution in [0.5, 0.6) is 0 Å². The van der Waals surface area contributed by atoms with Crippen molar-refractivity contribution in [1.29, 1.82) is 0 Å². The number of sulfone groups is 1. The molecule has 0 unspecified atom stereocenters. The summed E-state index contributed by atoms with van der Waals surface area (Å²) in [6.07, 6.45) is 3.38. The molecule has 1 saturated heterocycles. The van der Waals surface area contributed by atoms with Gasteiger partial charge in [0.15, 0.2) is 9.84 Å². The van der Waals surface area contributed by atoms with Crippen LogP contribution in [0.3, 0.4) is 0 Å². The van der Waals surface area contributed by atoms with Gasteiger partial charge in [0.1, 0.15) is 0 Å². The van der Waals surface area contributed by atoms with E-state index in [0.29, 0.717) is 10.8 Å². The number of rotatable bonds is 7. The summed E-state index contributed by atoms with van der Waals surface area (Å²) in [6, 6.07) is 19.3. The molecule has 0 radical (unpaired) electrons. The maximum Gasteiger partial charge on any atom is 0.178 e. The molecule has 4 heteroatoms. The maximum atomic E-state index is 13.0. The van der Waals surface area contributed by atoms with Crippen LogP contribution in [-0.2, 0) is 9.84 Å². The molecule has 140 valence electrons. The highest BCUT2D eigenvalue weighted by atomic mass is 32.2. The lowest BCUT2D eigenvalue weighted by Crippen LogP contribution is -2.42. The largest absolute Gasteiger partial charge is 0.303 e. The van der Waals surface area contributed by atoms with Gasteiger partial charge in [0.05, 0.1) is 10.6 Å². The van der Waals surface area contributed by atoms with E-state index in [1.807, 2.05) is 12.1 Å². The Morgan fingerprint density at radius 2 is 1.65 bits per heavy atom. The zero-order chi connectivity index (χ0) is 18.4. The fourth-order valence-corrected chi connectivity index (χ4v) is 5.67. The molecule has 2 aromatic carbocycles. The van der Waals surface area contributed by atoms with E-state index in [1.54, 1.807) is 24.3 Å². The summed E-state index contributed by atoms with van der Waals surface area (Å²) >= 11 is 0. The molecule has 0 bridgehead atoms. The summed E-state index contributed by atoms with van der Waals surface area (Å²) in [4.78, 5) is 2.89. The number of benzene rings is 2. The van der Waals surface area contributed by atoms with Gasteiger partial charge in [-0.25, -0.2) is 8.42 Å². The van der Waals surface area contributed by atoms with E-state index in [4.69, 9.17) is 0 Å². The van der Waals surface area contributed by atoms with Crippen molar-refractivity contribution in [3.05, 3.63) is 66.2 Å². The average molecular weight is 372 g/mol. The molecule has 1 heterocycles. The number of unbranched alkanes of at least 4 members (excludes halogenated alkanes) is 1. The molecule has 0 aliphatic carbocycles. The summed E-state index contributed by atoms with van der Waals surface area (Å²) in [5, 5.41) is 0. The summed E-state index contributed by atoms with van der Waals surface area (Å²) in [6.45, 7) is 5.20. The highest BCUT2D eigenvalue weighted by Gasteiger charge is 2.33. The van der Waals surface area contributed by atoms with Gasteiger partial charge in [-0.15, -0.1) is 0 Å². The Hall–Kier alpha value is -1.65. The lowest BCUT2D eigenvalue weighted by Gasteiger charge is -2.39. The second-order valence-corrected chi connectivity index (χ2v) is 9.35. The molecule has 1 fully saturated rings. The van der Waals surface area contributed by atoms with Gasteiger partial charge in [-0.1, -0.05) is 61.9 Å². The van der Waals surface area contributed by atoms with Gasteiger partial charge < -0.3 is 4.90 Å². The van der Waals surface area contributed by atoms with Gasteiger partial charge in [0.25, 0.3) is 0 Å². The van der Waals surface area contributed by atoms with Crippen LogP contribution >= 0.6 is 0 Å². The smallest absolute Gasteiger partial charge is 0.178 e. The fourth-order valence-electron chi connectivity index (χ4n) is 4.01. The van der Waals surface area contributed by atoms with E-state index >= 15 is 0 Å². The number of piperidine rings is 1. The van der Waals surface area contributed by atoms with Crippen molar-refractivity contribution in [2.75, 3.05) is 25.4 Å². The van der Waals surface area contributed by atoms with Gasteiger partial charge in [-0.3, -0.25) is 0 Å². The first-order valence-electron chi connectivity index (χ1n) is 9.65. The third-order valence-corrected chi connectivity index (χ3v) is 7.27. The zero-order valence-electron chi connectivity index (χ0n) is 15.5. The highest BCUT2D eigenvalue weighted by molar-refractivity contribution is 7.91. The van der Waals surface area contributed by atoms with Crippen LogP contribution in [0.2, 0.25) is 0 Å². The lowest BCUT2D eigenvalue weighted by molar-refractivity contribution is 0.162. The lowest BCUT2D eigenvalue weighted by atomic mass is 9.81. The van der Waals surface area contributed by atoms with E-state index in [2.05, 4.69) is 36.1 Å². The Labute approximate surface area is 158 Å². The SMILES string of the molecule is CCCCN1CC[C@H](c2ccccc2)[C@@H](CS(=O)(=O)c2ccccc2)C1. The van der Waals surface area contributed by atoms with Gasteiger partial charge >= 0.3 is 0 Å². The molecule has 1 aliphatic rings. The number of nitrogens with zero attached hydrogens (tertiary/aromatic N) is 1. The third-order valence-electron chi connectivity index (χ3n) is 5.41. The van der Waals surface area contributed by atoms with Gasteiger partial charge in [0.2, 0.25) is 0 Å². The second-order valence-electron chi connectivity index (χ2n) is 7.31. The summed E-state index contributed by atoms with van der Waals surface area (Å²) < 4.78 is 26.0. The Bertz CT molecular complexity index is 774. The Balaban J connectivity index is 1.82. The average Bonchev–Trinajstić information content (AvgIpc) is 2.67. The van der Waals surface area contributed by atoms with E-state index in [-0.39, 0.29) is 11.7 Å². The topological polar surface area (TPSA) is 37.4 Å². The molecule has 0 saturated carbocycles. The molecule has 26 heavy (non-hydrogen) atoms. The first-order chi connectivity index (χ1) is 12.6. The predicted molar refractivity (Wildman–Crippen MR) is 107 cm³/mol. The molecule has 0 N–H and O–H groups in total. The molecule has 2 atom stereocenters. The van der Waals surface area contributed by atoms with Gasteiger partial charge in [-0.2, -0.15) is 0 Å². The maximum absolute atomic E-state index is 13.0. The number of hydrogen-bond donors (Lipinski definition) is 0. The van der Waals surface area contributed by atoms with Crippen LogP contribution in [0.4, 0.5) is 0 Å². The number of hydrogen-bond acceptors (Lipinski definition) is 3. The molecular weight excluding hydrogens is 342 g/mol. The van der Waals surface area contributed by atoms with Crippen LogP contribution in [0.15, 0.2) is 65.6 Å². The van der Waals surface area contributed by atoms with Crippen LogP contribution in [0, 0.1) is 5.92 Å². The summed E-state index contributed by atoms with van der Waals surface area (Å²) in [5.41, 5.74) is 1.27. The molecule has 0 amide bonds. The van der Waals surface area contributed by atoms with E-state index in [1.165, 1.54) is 18.4 Å². The molecule has 3 nitrogen and oxygen atoms in total. The van der Waals surface area contributed by atoms with E-state index in [9.17, 15) is 8.42 Å². The summed E-state index contributed by atoms with van der Waals surface area (Å²) in [7, 11) is -3.27. The predicted octanol–water partition coefficient (Wildman–Crippen LogP) is 4.37. The molecular formula is C22H29NO2S. The molecule has 1 aliphatic heterocycles. The van der Waals surface area contributed by atoms with Crippen molar-refractivity contribution in [2.24, 2.45) is 5.92 Å². The molecule has 2 aromatic rings. The third kappa shape index (κ3) is 4.74. The first-order valence-corrected chi connectivity index (χ1v) is 11.3. The molecule has 3 rings (SSSR count). The minimum absolute atomic E-state index is 0.133. The minimum atomic E-state index is -3.27. The van der Waals surface area contributed by atoms with Gasteiger partial charge in [-0.05, 0) is 55.5 Å². The quantitative estimate of drug-likeness (QED) is 0.725. The first kappa shape index (κ1) is 19.1. The highest BCUT2D eigenvalue weighted by Crippen LogP contribution is 2.35. The standard InChI is InChI=1S/C22H29NO2S/c1-2-3-15-23-16-14-22(19-10-6-4-7-11-19)20(17-23)18-26(24,25)21-12-8-5-9-13-21/h4-13,20,22H,2-3,14-18H2,1H3/t20-,22-/m1/s1. The van der Waals surface area contributed by atoms with Crippen LogP contribution < -0.4 is 0 Å². The van der Waals surface area contributed by atoms with Crippen LogP contribution in [0.1, 0.15) is 37.7 Å². The Morgan fingerprint density at radius 1 is 1.00 bits per heavy atom. The van der Waals surface area contributed by atoms with Crippen LogP contribution in [0.25, 0.3) is 0 Å².